The summed E-state index contributed by atoms with van der Waals surface area (Å²) in [6, 6.07) is 6.62. The molecule has 150 valence electrons. The molecule has 0 atom stereocenters. The van der Waals surface area contributed by atoms with E-state index < -0.39 is 10.0 Å². The predicted molar refractivity (Wildman–Crippen MR) is 103 cm³/mol. The Bertz CT molecular complexity index is 1110. The van der Waals surface area contributed by atoms with Crippen LogP contribution in [0.2, 0.25) is 0 Å². The van der Waals surface area contributed by atoms with Crippen LogP contribution in [0.25, 0.3) is 11.0 Å². The third-order valence-electron chi connectivity index (χ3n) is 4.44. The van der Waals surface area contributed by atoms with Crippen LogP contribution in [0, 0.1) is 6.92 Å². The van der Waals surface area contributed by atoms with E-state index in [-0.39, 0.29) is 17.2 Å². The van der Waals surface area contributed by atoms with E-state index in [2.05, 4.69) is 15.5 Å². The number of carbonyl (C=O) groups excluding carboxylic acids is 1. The molecule has 28 heavy (non-hydrogen) atoms. The third-order valence-corrected chi connectivity index (χ3v) is 6.25. The highest BCUT2D eigenvalue weighted by atomic mass is 32.2. The van der Waals surface area contributed by atoms with Crippen molar-refractivity contribution in [1.82, 2.24) is 24.3 Å². The third kappa shape index (κ3) is 4.07. The number of imidazole rings is 1. The van der Waals surface area contributed by atoms with Gasteiger partial charge in [-0.1, -0.05) is 5.16 Å². The van der Waals surface area contributed by atoms with Crippen LogP contribution in [-0.2, 0) is 34.8 Å². The van der Waals surface area contributed by atoms with Crippen LogP contribution >= 0.6 is 0 Å². The summed E-state index contributed by atoms with van der Waals surface area (Å²) in [5.41, 5.74) is 2.06. The van der Waals surface area contributed by atoms with Gasteiger partial charge in [-0.25, -0.2) is 17.7 Å². The summed E-state index contributed by atoms with van der Waals surface area (Å²) < 4.78 is 32.6. The van der Waals surface area contributed by atoms with Crippen molar-refractivity contribution >= 4 is 27.0 Å². The van der Waals surface area contributed by atoms with Gasteiger partial charge in [-0.15, -0.1) is 0 Å². The second-order valence-electron chi connectivity index (χ2n) is 6.73. The van der Waals surface area contributed by atoms with E-state index in [1.54, 1.807) is 31.2 Å². The molecule has 0 aliphatic heterocycles. The molecule has 1 amide bonds. The molecule has 0 fully saturated rings. The second kappa shape index (κ2) is 7.72. The van der Waals surface area contributed by atoms with Crippen molar-refractivity contribution in [3.63, 3.8) is 0 Å². The number of benzene rings is 1. The zero-order valence-electron chi connectivity index (χ0n) is 16.3. The second-order valence-corrected chi connectivity index (χ2v) is 8.88. The molecule has 9 nitrogen and oxygen atoms in total. The summed E-state index contributed by atoms with van der Waals surface area (Å²) in [6.45, 7) is 2.10. The summed E-state index contributed by atoms with van der Waals surface area (Å²) in [4.78, 5) is 16.8. The number of nitrogens with one attached hydrogen (secondary N) is 1. The van der Waals surface area contributed by atoms with E-state index in [9.17, 15) is 13.2 Å². The van der Waals surface area contributed by atoms with E-state index >= 15 is 0 Å². The molecule has 3 rings (SSSR count). The van der Waals surface area contributed by atoms with Crippen LogP contribution < -0.4 is 5.32 Å². The fourth-order valence-electron chi connectivity index (χ4n) is 2.83. The fourth-order valence-corrected chi connectivity index (χ4v) is 3.75. The number of hydrogen-bond donors (Lipinski definition) is 1. The zero-order chi connectivity index (χ0) is 20.5. The van der Waals surface area contributed by atoms with Crippen molar-refractivity contribution in [3.05, 3.63) is 41.5 Å². The van der Waals surface area contributed by atoms with E-state index in [4.69, 9.17) is 4.52 Å². The predicted octanol–water partition coefficient (Wildman–Crippen LogP) is 1.37. The van der Waals surface area contributed by atoms with Crippen LogP contribution in [0.5, 0.6) is 0 Å². The highest BCUT2D eigenvalue weighted by molar-refractivity contribution is 7.89. The van der Waals surface area contributed by atoms with Crippen LogP contribution in [0.15, 0.2) is 33.7 Å². The molecule has 0 saturated heterocycles. The van der Waals surface area contributed by atoms with Gasteiger partial charge in [0.05, 0.1) is 22.5 Å². The molecule has 0 saturated carbocycles. The fraction of sp³-hybridized carbons (Fsp3) is 0.389. The Hall–Kier alpha value is -2.72. The largest absolute Gasteiger partial charge is 0.361 e. The van der Waals surface area contributed by atoms with Gasteiger partial charge in [0.15, 0.2) is 0 Å². The maximum Gasteiger partial charge on any atom is 0.242 e. The van der Waals surface area contributed by atoms with Crippen molar-refractivity contribution in [3.8, 4) is 0 Å². The average molecular weight is 405 g/mol. The Morgan fingerprint density at radius 1 is 1.29 bits per heavy atom. The molecule has 0 unspecified atom stereocenters. The topological polar surface area (TPSA) is 110 Å². The minimum atomic E-state index is -3.52. The van der Waals surface area contributed by atoms with E-state index in [1.807, 2.05) is 11.6 Å². The summed E-state index contributed by atoms with van der Waals surface area (Å²) in [7, 11) is 1.30. The van der Waals surface area contributed by atoms with Crippen LogP contribution in [0.4, 0.5) is 0 Å². The molecule has 2 heterocycles. The molecular weight excluding hydrogens is 382 g/mol. The number of amides is 1. The highest BCUT2D eigenvalue weighted by Crippen LogP contribution is 2.21. The summed E-state index contributed by atoms with van der Waals surface area (Å²) in [6.07, 6.45) is 0.696. The molecular formula is C18H23N5O4S. The van der Waals surface area contributed by atoms with Crippen molar-refractivity contribution in [2.24, 2.45) is 7.05 Å². The average Bonchev–Trinajstić information content (AvgIpc) is 3.21. The van der Waals surface area contributed by atoms with Crippen molar-refractivity contribution in [2.75, 3.05) is 14.1 Å². The minimum Gasteiger partial charge on any atom is -0.361 e. The lowest BCUT2D eigenvalue weighted by Crippen LogP contribution is -2.23. The standard InChI is InChI=1S/C18H23N5O4S/c1-12-9-13(21-27-12)11-19-18(24)8-7-17-20-15-10-14(28(25,26)22(2)3)5-6-16(15)23(17)4/h5-6,9-10H,7-8,11H2,1-4H3,(H,19,24). The van der Waals surface area contributed by atoms with E-state index in [1.165, 1.54) is 18.4 Å². The van der Waals surface area contributed by atoms with Crippen LogP contribution in [0.1, 0.15) is 23.7 Å². The molecule has 2 aromatic heterocycles. The number of aromatic nitrogens is 3. The first-order valence-electron chi connectivity index (χ1n) is 8.75. The van der Waals surface area contributed by atoms with Gasteiger partial charge in [-0.2, -0.15) is 0 Å². The number of nitrogens with zero attached hydrogens (tertiary/aromatic N) is 4. The molecule has 0 aliphatic carbocycles. The van der Waals surface area contributed by atoms with Crippen molar-refractivity contribution in [1.29, 1.82) is 0 Å². The SMILES string of the molecule is Cc1cc(CNC(=O)CCc2nc3cc(S(=O)(=O)N(C)C)ccc3n2C)no1. The summed E-state index contributed by atoms with van der Waals surface area (Å²) >= 11 is 0. The van der Waals surface area contributed by atoms with Gasteiger partial charge in [-0.3, -0.25) is 4.79 Å². The summed E-state index contributed by atoms with van der Waals surface area (Å²) in [5.74, 6) is 1.28. The molecule has 3 aromatic rings. The van der Waals surface area contributed by atoms with Gasteiger partial charge in [0, 0.05) is 40.1 Å². The molecule has 1 aromatic carbocycles. The Kier molecular flexibility index (Phi) is 5.52. The molecule has 1 N–H and O–H groups in total. The van der Waals surface area contributed by atoms with E-state index in [0.29, 0.717) is 35.8 Å². The van der Waals surface area contributed by atoms with Gasteiger partial charge < -0.3 is 14.4 Å². The Morgan fingerprint density at radius 2 is 2.04 bits per heavy atom. The molecule has 0 bridgehead atoms. The lowest BCUT2D eigenvalue weighted by Gasteiger charge is -2.10. The van der Waals surface area contributed by atoms with Gasteiger partial charge in [-0.05, 0) is 25.1 Å². The van der Waals surface area contributed by atoms with Crippen molar-refractivity contribution < 1.29 is 17.7 Å². The molecule has 0 spiro atoms. The highest BCUT2D eigenvalue weighted by Gasteiger charge is 2.19. The first kappa shape index (κ1) is 20.0. The monoisotopic (exact) mass is 405 g/mol. The maximum absolute atomic E-state index is 12.3. The quantitative estimate of drug-likeness (QED) is 0.636. The first-order valence-corrected chi connectivity index (χ1v) is 10.2. The van der Waals surface area contributed by atoms with Gasteiger partial charge >= 0.3 is 0 Å². The zero-order valence-corrected chi connectivity index (χ0v) is 17.1. The van der Waals surface area contributed by atoms with Gasteiger partial charge in [0.25, 0.3) is 0 Å². The Morgan fingerprint density at radius 3 is 2.68 bits per heavy atom. The number of rotatable bonds is 7. The lowest BCUT2D eigenvalue weighted by atomic mass is 10.2. The van der Waals surface area contributed by atoms with Crippen LogP contribution in [-0.4, -0.2) is 47.4 Å². The van der Waals surface area contributed by atoms with Gasteiger partial charge in [0.1, 0.15) is 17.3 Å². The Labute approximate surface area is 163 Å². The van der Waals surface area contributed by atoms with Crippen LogP contribution in [0.3, 0.4) is 0 Å². The minimum absolute atomic E-state index is 0.122. The number of fused-ring (bicyclic) bond motifs is 1. The smallest absolute Gasteiger partial charge is 0.242 e. The number of sulfonamides is 1. The lowest BCUT2D eigenvalue weighted by molar-refractivity contribution is -0.121. The van der Waals surface area contributed by atoms with E-state index in [0.717, 1.165) is 5.52 Å². The molecule has 0 radical (unpaired) electrons. The number of carbonyl (C=O) groups is 1. The molecule has 0 aliphatic rings. The summed E-state index contributed by atoms with van der Waals surface area (Å²) in [5, 5.41) is 6.62. The Balaban J connectivity index is 1.69. The normalized spacial score (nSPS) is 12.0. The van der Waals surface area contributed by atoms with Crippen molar-refractivity contribution in [2.45, 2.75) is 31.2 Å². The van der Waals surface area contributed by atoms with Gasteiger partial charge in [0.2, 0.25) is 15.9 Å². The first-order chi connectivity index (χ1) is 13.2. The maximum atomic E-state index is 12.3. The number of aryl methyl sites for hydroxylation is 3. The molecule has 10 heteroatoms. The number of hydrogen-bond acceptors (Lipinski definition) is 6.